The fraction of sp³-hybridized carbons (Fsp3) is 0.259. The molecule has 0 heterocycles. The molecule has 0 saturated carbocycles. The largest absolute Gasteiger partial charge is 0.272 e. The zero-order valence-electron chi connectivity index (χ0n) is 18.5. The van der Waals surface area contributed by atoms with Crippen LogP contribution in [0.5, 0.6) is 0 Å². The van der Waals surface area contributed by atoms with E-state index in [-0.39, 0.29) is 16.6 Å². The Kier molecular flexibility index (Phi) is 6.01. The summed E-state index contributed by atoms with van der Waals surface area (Å²) in [6.07, 6.45) is 0. The molecule has 0 aromatic heterocycles. The minimum atomic E-state index is -0.0856. The van der Waals surface area contributed by atoms with E-state index in [0.717, 1.165) is 11.3 Å². The second kappa shape index (κ2) is 8.72. The van der Waals surface area contributed by atoms with Gasteiger partial charge < -0.3 is 0 Å². The van der Waals surface area contributed by atoms with Crippen LogP contribution in [-0.4, -0.2) is 17.4 Å². The van der Waals surface area contributed by atoms with Gasteiger partial charge in [-0.3, -0.25) is 4.79 Å². The van der Waals surface area contributed by atoms with Crippen molar-refractivity contribution in [3.8, 4) is 11.1 Å². The van der Waals surface area contributed by atoms with Crippen molar-refractivity contribution >= 4 is 23.4 Å². The Hall–Kier alpha value is -2.85. The third-order valence-electron chi connectivity index (χ3n) is 5.67. The Morgan fingerprint density at radius 2 is 1.45 bits per heavy atom. The third kappa shape index (κ3) is 4.59. The lowest BCUT2D eigenvalue weighted by Crippen LogP contribution is -2.21. The van der Waals surface area contributed by atoms with Crippen molar-refractivity contribution in [2.75, 3.05) is 5.75 Å². The molecule has 0 fully saturated rings. The summed E-state index contributed by atoms with van der Waals surface area (Å²) in [5, 5.41) is 4.50. The number of fused-ring (bicyclic) bond motifs is 3. The van der Waals surface area contributed by atoms with Crippen molar-refractivity contribution in [2.24, 2.45) is 5.10 Å². The predicted molar refractivity (Wildman–Crippen MR) is 132 cm³/mol. The van der Waals surface area contributed by atoms with E-state index in [2.05, 4.69) is 104 Å². The zero-order chi connectivity index (χ0) is 22.0. The van der Waals surface area contributed by atoms with Gasteiger partial charge in [0.05, 0.1) is 16.7 Å². The second-order valence-corrected chi connectivity index (χ2v) is 10.0. The Labute approximate surface area is 189 Å². The average Bonchev–Trinajstić information content (AvgIpc) is 3.09. The van der Waals surface area contributed by atoms with Crippen LogP contribution in [0.4, 0.5) is 0 Å². The molecule has 0 radical (unpaired) electrons. The first-order valence-corrected chi connectivity index (χ1v) is 11.6. The number of thioether (sulfide) groups is 1. The van der Waals surface area contributed by atoms with Gasteiger partial charge in [0.25, 0.3) is 0 Å². The average molecular weight is 429 g/mol. The predicted octanol–water partition coefficient (Wildman–Crippen LogP) is 6.33. The van der Waals surface area contributed by atoms with Crippen LogP contribution in [0.2, 0.25) is 0 Å². The van der Waals surface area contributed by atoms with Crippen molar-refractivity contribution < 1.29 is 4.79 Å². The van der Waals surface area contributed by atoms with Gasteiger partial charge in [-0.05, 0) is 45.7 Å². The molecule has 158 valence electrons. The van der Waals surface area contributed by atoms with E-state index < -0.39 is 0 Å². The lowest BCUT2D eigenvalue weighted by atomic mass is 9.86. The highest BCUT2D eigenvalue weighted by Gasteiger charge is 2.28. The van der Waals surface area contributed by atoms with Crippen molar-refractivity contribution in [3.63, 3.8) is 0 Å². The number of amides is 1. The summed E-state index contributed by atoms with van der Waals surface area (Å²) < 4.78 is 0. The Morgan fingerprint density at radius 3 is 2.00 bits per heavy atom. The molecule has 4 rings (SSSR count). The number of hydrogen-bond acceptors (Lipinski definition) is 3. The molecule has 31 heavy (non-hydrogen) atoms. The summed E-state index contributed by atoms with van der Waals surface area (Å²) in [5.41, 5.74) is 11.0. The maximum absolute atomic E-state index is 12.5. The smallest absolute Gasteiger partial charge is 0.250 e. The molecule has 3 nitrogen and oxygen atoms in total. The van der Waals surface area contributed by atoms with Crippen LogP contribution >= 0.6 is 11.8 Å². The fourth-order valence-electron chi connectivity index (χ4n) is 3.90. The number of carbonyl (C=O) groups is 1. The van der Waals surface area contributed by atoms with Crippen molar-refractivity contribution in [1.82, 2.24) is 5.43 Å². The van der Waals surface area contributed by atoms with Crippen LogP contribution in [0.25, 0.3) is 11.1 Å². The van der Waals surface area contributed by atoms with E-state index in [1.165, 1.54) is 27.8 Å². The number of rotatable bonds is 5. The molecule has 0 unspecified atom stereocenters. The molecule has 1 aliphatic rings. The Morgan fingerprint density at radius 1 is 0.903 bits per heavy atom. The normalized spacial score (nSPS) is 13.6. The molecule has 1 amide bonds. The number of hydrazone groups is 1. The van der Waals surface area contributed by atoms with Gasteiger partial charge in [0.2, 0.25) is 5.91 Å². The summed E-state index contributed by atoms with van der Waals surface area (Å²) in [5.74, 6) is 0.269. The maximum Gasteiger partial charge on any atom is 0.250 e. The van der Waals surface area contributed by atoms with Crippen LogP contribution in [0, 0.1) is 0 Å². The summed E-state index contributed by atoms with van der Waals surface area (Å²) >= 11 is 1.65. The van der Waals surface area contributed by atoms with Crippen molar-refractivity contribution in [2.45, 2.75) is 38.4 Å². The number of benzene rings is 3. The van der Waals surface area contributed by atoms with Crippen LogP contribution < -0.4 is 5.43 Å². The van der Waals surface area contributed by atoms with Crippen molar-refractivity contribution in [3.05, 3.63) is 95.1 Å². The molecule has 0 saturated heterocycles. The molecule has 0 bridgehead atoms. The third-order valence-corrected chi connectivity index (χ3v) is 6.94. The summed E-state index contributed by atoms with van der Waals surface area (Å²) in [6.45, 7) is 8.51. The minimum Gasteiger partial charge on any atom is -0.272 e. The molecule has 3 aromatic rings. The van der Waals surface area contributed by atoms with E-state index in [9.17, 15) is 4.79 Å². The number of hydrogen-bond donors (Lipinski definition) is 1. The van der Waals surface area contributed by atoms with Gasteiger partial charge in [-0.25, -0.2) is 5.43 Å². The van der Waals surface area contributed by atoms with E-state index in [0.29, 0.717) is 5.75 Å². The summed E-state index contributed by atoms with van der Waals surface area (Å²) in [4.78, 5) is 12.5. The van der Waals surface area contributed by atoms with Gasteiger partial charge in [-0.1, -0.05) is 93.6 Å². The summed E-state index contributed by atoms with van der Waals surface area (Å²) in [6, 6.07) is 25.3. The lowest BCUT2D eigenvalue weighted by Gasteiger charge is -2.19. The van der Waals surface area contributed by atoms with E-state index in [4.69, 9.17) is 0 Å². The molecule has 3 aromatic carbocycles. The van der Waals surface area contributed by atoms with Gasteiger partial charge in [-0.15, -0.1) is 11.8 Å². The van der Waals surface area contributed by atoms with E-state index in [1.54, 1.807) is 11.8 Å². The number of nitrogens with zero attached hydrogens (tertiary/aromatic N) is 1. The highest BCUT2D eigenvalue weighted by molar-refractivity contribution is 8.00. The first kappa shape index (κ1) is 21.4. The molecular weight excluding hydrogens is 400 g/mol. The van der Waals surface area contributed by atoms with Gasteiger partial charge in [0, 0.05) is 0 Å². The SMILES string of the molecule is C/C(=N\NC(=O)CSC1c2ccccc2-c2ccccc21)c1ccc(C(C)(C)C)cc1. The number of nitrogens with one attached hydrogen (secondary N) is 1. The minimum absolute atomic E-state index is 0.0856. The van der Waals surface area contributed by atoms with Crippen LogP contribution in [-0.2, 0) is 10.2 Å². The topological polar surface area (TPSA) is 41.5 Å². The molecule has 0 atom stereocenters. The molecule has 1 N–H and O–H groups in total. The van der Waals surface area contributed by atoms with E-state index in [1.807, 2.05) is 6.92 Å². The Bertz CT molecular complexity index is 1080. The highest BCUT2D eigenvalue weighted by atomic mass is 32.2. The maximum atomic E-state index is 12.5. The molecule has 0 aliphatic heterocycles. The van der Waals surface area contributed by atoms with Crippen LogP contribution in [0.1, 0.15) is 55.2 Å². The molecule has 4 heteroatoms. The van der Waals surface area contributed by atoms with Gasteiger partial charge >= 0.3 is 0 Å². The molecular formula is C27H28N2OS. The zero-order valence-corrected chi connectivity index (χ0v) is 19.3. The Balaban J connectivity index is 1.40. The van der Waals surface area contributed by atoms with Gasteiger partial charge in [0.15, 0.2) is 0 Å². The standard InChI is InChI=1S/C27H28N2OS/c1-18(19-13-15-20(16-14-19)27(2,3)4)28-29-25(30)17-31-26-23-11-7-5-9-21(23)22-10-6-8-12-24(22)26/h5-16,26H,17H2,1-4H3,(H,29,30)/b28-18+. The van der Waals surface area contributed by atoms with Crippen LogP contribution in [0.15, 0.2) is 77.9 Å². The highest BCUT2D eigenvalue weighted by Crippen LogP contribution is 2.49. The van der Waals surface area contributed by atoms with E-state index >= 15 is 0 Å². The lowest BCUT2D eigenvalue weighted by molar-refractivity contribution is -0.118. The first-order chi connectivity index (χ1) is 14.8. The van der Waals surface area contributed by atoms with Crippen molar-refractivity contribution in [1.29, 1.82) is 0 Å². The van der Waals surface area contributed by atoms with Crippen LogP contribution in [0.3, 0.4) is 0 Å². The fourth-order valence-corrected chi connectivity index (χ4v) is 5.06. The second-order valence-electron chi connectivity index (χ2n) is 8.93. The first-order valence-electron chi connectivity index (χ1n) is 10.6. The quantitative estimate of drug-likeness (QED) is 0.381. The van der Waals surface area contributed by atoms with Gasteiger partial charge in [0.1, 0.15) is 0 Å². The monoisotopic (exact) mass is 428 g/mol. The molecule has 0 spiro atoms. The molecule has 1 aliphatic carbocycles. The number of carbonyl (C=O) groups excluding carboxylic acids is 1. The van der Waals surface area contributed by atoms with Gasteiger partial charge in [-0.2, -0.15) is 5.10 Å². The summed E-state index contributed by atoms with van der Waals surface area (Å²) in [7, 11) is 0.